The third-order valence-corrected chi connectivity index (χ3v) is 3.62. The van der Waals surface area contributed by atoms with Crippen LogP contribution in [0.25, 0.3) is 0 Å². The van der Waals surface area contributed by atoms with Gasteiger partial charge in [-0.25, -0.2) is 0 Å². The Balaban J connectivity index is 2.04. The minimum Gasteiger partial charge on any atom is -0.312 e. The van der Waals surface area contributed by atoms with Crippen LogP contribution in [0, 0.1) is 0 Å². The second-order valence-electron chi connectivity index (χ2n) is 4.27. The number of aromatic nitrogens is 3. The Morgan fingerprint density at radius 3 is 2.94 bits per heavy atom. The molecule has 0 fully saturated rings. The van der Waals surface area contributed by atoms with Crippen molar-refractivity contribution in [3.05, 3.63) is 46.5 Å². The number of aryl methyl sites for hydroxylation is 2. The first-order valence-electron chi connectivity index (χ1n) is 5.96. The summed E-state index contributed by atoms with van der Waals surface area (Å²) in [6, 6.07) is 4.21. The van der Waals surface area contributed by atoms with Crippen molar-refractivity contribution < 1.29 is 0 Å². The number of nitrogens with one attached hydrogen (secondary N) is 1. The van der Waals surface area contributed by atoms with Crippen molar-refractivity contribution in [2.24, 2.45) is 7.05 Å². The summed E-state index contributed by atoms with van der Waals surface area (Å²) < 4.78 is 2.89. The predicted molar refractivity (Wildman–Crippen MR) is 75.3 cm³/mol. The van der Waals surface area contributed by atoms with Crippen LogP contribution in [-0.4, -0.2) is 21.8 Å². The number of nitrogens with zero attached hydrogens (tertiary/aromatic N) is 3. The van der Waals surface area contributed by atoms with Crippen molar-refractivity contribution in [2.45, 2.75) is 18.9 Å². The minimum absolute atomic E-state index is 0.251. The normalized spacial score (nSPS) is 12.6. The van der Waals surface area contributed by atoms with Gasteiger partial charge in [0.2, 0.25) is 0 Å². The first kappa shape index (κ1) is 13.2. The molecule has 0 aliphatic heterocycles. The fraction of sp³-hybridized carbons (Fsp3) is 0.385. The zero-order valence-corrected chi connectivity index (χ0v) is 12.2. The standard InChI is InChI=1S/C13H17BrN4/c1-15-12(13-11(14)4-3-7-16-13)6-5-10-8-17-18(2)9-10/h3-4,7-9,12,15H,5-6H2,1-2H3. The second kappa shape index (κ2) is 6.11. The first-order valence-corrected chi connectivity index (χ1v) is 6.75. The van der Waals surface area contributed by atoms with Crippen LogP contribution in [0.5, 0.6) is 0 Å². The Morgan fingerprint density at radius 1 is 1.50 bits per heavy atom. The van der Waals surface area contributed by atoms with Crippen LogP contribution in [0.3, 0.4) is 0 Å². The van der Waals surface area contributed by atoms with Gasteiger partial charge in [0.05, 0.1) is 17.9 Å². The third kappa shape index (κ3) is 3.17. The third-order valence-electron chi connectivity index (χ3n) is 2.95. The number of hydrogen-bond acceptors (Lipinski definition) is 3. The molecule has 2 aromatic heterocycles. The van der Waals surface area contributed by atoms with Crippen LogP contribution in [0.4, 0.5) is 0 Å². The lowest BCUT2D eigenvalue weighted by atomic mass is 10.0. The molecule has 1 unspecified atom stereocenters. The van der Waals surface area contributed by atoms with Gasteiger partial charge in [-0.15, -0.1) is 0 Å². The lowest BCUT2D eigenvalue weighted by Gasteiger charge is -2.16. The van der Waals surface area contributed by atoms with E-state index in [-0.39, 0.29) is 6.04 Å². The highest BCUT2D eigenvalue weighted by molar-refractivity contribution is 9.10. The Hall–Kier alpha value is -1.20. The molecular formula is C13H17BrN4. The molecule has 96 valence electrons. The smallest absolute Gasteiger partial charge is 0.0714 e. The quantitative estimate of drug-likeness (QED) is 0.922. The van der Waals surface area contributed by atoms with Crippen LogP contribution in [0.1, 0.15) is 23.7 Å². The summed E-state index contributed by atoms with van der Waals surface area (Å²) in [5, 5.41) is 7.50. The van der Waals surface area contributed by atoms with E-state index >= 15 is 0 Å². The van der Waals surface area contributed by atoms with Crippen LogP contribution >= 0.6 is 15.9 Å². The topological polar surface area (TPSA) is 42.7 Å². The molecule has 4 nitrogen and oxygen atoms in total. The molecule has 18 heavy (non-hydrogen) atoms. The number of pyridine rings is 1. The molecule has 0 bridgehead atoms. The van der Waals surface area contributed by atoms with E-state index in [2.05, 4.69) is 37.5 Å². The highest BCUT2D eigenvalue weighted by atomic mass is 79.9. The van der Waals surface area contributed by atoms with E-state index in [9.17, 15) is 0 Å². The number of hydrogen-bond donors (Lipinski definition) is 1. The lowest BCUT2D eigenvalue weighted by Crippen LogP contribution is -2.18. The van der Waals surface area contributed by atoms with Gasteiger partial charge in [-0.05, 0) is 53.5 Å². The summed E-state index contributed by atoms with van der Waals surface area (Å²) in [7, 11) is 3.91. The number of halogens is 1. The van der Waals surface area contributed by atoms with Crippen molar-refractivity contribution in [1.82, 2.24) is 20.1 Å². The fourth-order valence-corrected chi connectivity index (χ4v) is 2.52. The molecule has 0 aliphatic rings. The molecule has 1 N–H and O–H groups in total. The van der Waals surface area contributed by atoms with E-state index < -0.39 is 0 Å². The van der Waals surface area contributed by atoms with Crippen LogP contribution in [0.15, 0.2) is 35.2 Å². The molecule has 0 saturated carbocycles. The monoisotopic (exact) mass is 308 g/mol. The van der Waals surface area contributed by atoms with Gasteiger partial charge < -0.3 is 5.32 Å². The van der Waals surface area contributed by atoms with Gasteiger partial charge in [-0.2, -0.15) is 5.10 Å². The van der Waals surface area contributed by atoms with Gasteiger partial charge in [0.1, 0.15) is 0 Å². The molecule has 2 heterocycles. The molecule has 0 amide bonds. The van der Waals surface area contributed by atoms with Gasteiger partial charge in [0.25, 0.3) is 0 Å². The zero-order valence-electron chi connectivity index (χ0n) is 10.6. The summed E-state index contributed by atoms with van der Waals surface area (Å²) in [6.07, 6.45) is 7.79. The van der Waals surface area contributed by atoms with Gasteiger partial charge >= 0.3 is 0 Å². The summed E-state index contributed by atoms with van der Waals surface area (Å²) in [6.45, 7) is 0. The van der Waals surface area contributed by atoms with Crippen molar-refractivity contribution in [3.63, 3.8) is 0 Å². The van der Waals surface area contributed by atoms with E-state index in [0.717, 1.165) is 23.0 Å². The van der Waals surface area contributed by atoms with Crippen LogP contribution < -0.4 is 5.32 Å². The molecule has 0 aromatic carbocycles. The number of rotatable bonds is 5. The summed E-state index contributed by atoms with van der Waals surface area (Å²) in [4.78, 5) is 4.44. The highest BCUT2D eigenvalue weighted by Gasteiger charge is 2.14. The summed E-state index contributed by atoms with van der Waals surface area (Å²) >= 11 is 3.55. The zero-order chi connectivity index (χ0) is 13.0. The van der Waals surface area contributed by atoms with Crippen molar-refractivity contribution in [1.29, 1.82) is 0 Å². The van der Waals surface area contributed by atoms with Crippen molar-refractivity contribution in [2.75, 3.05) is 7.05 Å². The maximum atomic E-state index is 4.44. The van der Waals surface area contributed by atoms with E-state index in [4.69, 9.17) is 0 Å². The molecule has 5 heteroatoms. The molecule has 0 radical (unpaired) electrons. The largest absolute Gasteiger partial charge is 0.312 e. The van der Waals surface area contributed by atoms with E-state index in [1.807, 2.05) is 43.3 Å². The average Bonchev–Trinajstić information content (AvgIpc) is 2.78. The van der Waals surface area contributed by atoms with Gasteiger partial charge in [0.15, 0.2) is 0 Å². The second-order valence-corrected chi connectivity index (χ2v) is 5.13. The molecule has 0 aliphatic carbocycles. The molecule has 2 rings (SSSR count). The lowest BCUT2D eigenvalue weighted by molar-refractivity contribution is 0.533. The summed E-state index contributed by atoms with van der Waals surface area (Å²) in [5.41, 5.74) is 2.31. The molecule has 0 saturated heterocycles. The van der Waals surface area contributed by atoms with Gasteiger partial charge in [-0.1, -0.05) is 0 Å². The minimum atomic E-state index is 0.251. The Kier molecular flexibility index (Phi) is 4.49. The van der Waals surface area contributed by atoms with Gasteiger partial charge in [-0.3, -0.25) is 9.67 Å². The fourth-order valence-electron chi connectivity index (χ4n) is 1.98. The maximum Gasteiger partial charge on any atom is 0.0714 e. The first-order chi connectivity index (χ1) is 8.70. The van der Waals surface area contributed by atoms with E-state index in [0.29, 0.717) is 0 Å². The highest BCUT2D eigenvalue weighted by Crippen LogP contribution is 2.24. The Labute approximate surface area is 116 Å². The average molecular weight is 309 g/mol. The Bertz CT molecular complexity index is 509. The SMILES string of the molecule is CNC(CCc1cnn(C)c1)c1ncccc1Br. The van der Waals surface area contributed by atoms with E-state index in [1.165, 1.54) is 5.56 Å². The molecule has 2 aromatic rings. The van der Waals surface area contributed by atoms with Crippen LogP contribution in [-0.2, 0) is 13.5 Å². The van der Waals surface area contributed by atoms with Crippen LogP contribution in [0.2, 0.25) is 0 Å². The Morgan fingerprint density at radius 2 is 2.33 bits per heavy atom. The summed E-state index contributed by atoms with van der Waals surface area (Å²) in [5.74, 6) is 0. The van der Waals surface area contributed by atoms with Crippen molar-refractivity contribution in [3.8, 4) is 0 Å². The maximum absolute atomic E-state index is 4.44. The molecule has 0 spiro atoms. The van der Waals surface area contributed by atoms with Gasteiger partial charge in [0, 0.05) is 23.9 Å². The molecular weight excluding hydrogens is 292 g/mol. The van der Waals surface area contributed by atoms with Crippen molar-refractivity contribution >= 4 is 15.9 Å². The predicted octanol–water partition coefficient (Wildman–Crippen LogP) is 2.47. The molecule has 1 atom stereocenters. The van der Waals surface area contributed by atoms with E-state index in [1.54, 1.807) is 0 Å².